The Labute approximate surface area is 170 Å². The fourth-order valence-electron chi connectivity index (χ4n) is 3.66. The van der Waals surface area contributed by atoms with Crippen LogP contribution in [-0.4, -0.2) is 10.5 Å². The standard InChI is InChI=1S/C25H24N2O2/c1-3-27-23-12-8-7-11-22(23)18(2)24(27)25(28)26-20-13-15-21(16-14-20)29-17-19-9-5-4-6-10-19/h4-16H,3,17H2,1-2H3,(H,26,28). The molecule has 146 valence electrons. The van der Waals surface area contributed by atoms with Gasteiger partial charge in [0.25, 0.3) is 5.91 Å². The Bertz CT molecular complexity index is 1130. The Kier molecular flexibility index (Phi) is 5.34. The summed E-state index contributed by atoms with van der Waals surface area (Å²) in [7, 11) is 0. The van der Waals surface area contributed by atoms with E-state index in [1.165, 1.54) is 0 Å². The molecule has 0 bridgehead atoms. The average molecular weight is 384 g/mol. The summed E-state index contributed by atoms with van der Waals surface area (Å²) < 4.78 is 7.88. The number of anilines is 1. The summed E-state index contributed by atoms with van der Waals surface area (Å²) in [5.41, 5.74) is 4.66. The molecule has 3 aromatic carbocycles. The van der Waals surface area contributed by atoms with Crippen molar-refractivity contribution in [3.05, 3.63) is 95.7 Å². The van der Waals surface area contributed by atoms with Crippen molar-refractivity contribution in [2.75, 3.05) is 5.32 Å². The number of benzene rings is 3. The lowest BCUT2D eigenvalue weighted by molar-refractivity contribution is 0.101. The highest BCUT2D eigenvalue weighted by molar-refractivity contribution is 6.08. The quantitative estimate of drug-likeness (QED) is 0.456. The molecule has 1 amide bonds. The molecule has 29 heavy (non-hydrogen) atoms. The van der Waals surface area contributed by atoms with Gasteiger partial charge in [-0.05, 0) is 55.3 Å². The Morgan fingerprint density at radius 2 is 1.62 bits per heavy atom. The minimum absolute atomic E-state index is 0.0986. The van der Waals surface area contributed by atoms with Crippen LogP contribution in [0.4, 0.5) is 5.69 Å². The maximum absolute atomic E-state index is 13.0. The molecule has 4 nitrogen and oxygen atoms in total. The number of rotatable bonds is 6. The van der Waals surface area contributed by atoms with Crippen LogP contribution >= 0.6 is 0 Å². The zero-order valence-electron chi connectivity index (χ0n) is 16.7. The van der Waals surface area contributed by atoms with Gasteiger partial charge in [-0.15, -0.1) is 0 Å². The molecule has 0 aliphatic rings. The van der Waals surface area contributed by atoms with Gasteiger partial charge in [0.15, 0.2) is 0 Å². The number of nitrogens with one attached hydrogen (secondary N) is 1. The van der Waals surface area contributed by atoms with E-state index in [0.29, 0.717) is 12.3 Å². The van der Waals surface area contributed by atoms with Crippen molar-refractivity contribution in [3.63, 3.8) is 0 Å². The first-order valence-electron chi connectivity index (χ1n) is 9.83. The van der Waals surface area contributed by atoms with Crippen LogP contribution in [-0.2, 0) is 13.2 Å². The van der Waals surface area contributed by atoms with E-state index in [9.17, 15) is 4.79 Å². The maximum atomic E-state index is 13.0. The lowest BCUT2D eigenvalue weighted by Gasteiger charge is -2.11. The van der Waals surface area contributed by atoms with E-state index in [0.717, 1.165) is 40.0 Å². The van der Waals surface area contributed by atoms with Gasteiger partial charge < -0.3 is 14.6 Å². The number of hydrogen-bond acceptors (Lipinski definition) is 2. The number of amides is 1. The summed E-state index contributed by atoms with van der Waals surface area (Å²) >= 11 is 0. The lowest BCUT2D eigenvalue weighted by Crippen LogP contribution is -2.17. The van der Waals surface area contributed by atoms with Gasteiger partial charge in [-0.1, -0.05) is 48.5 Å². The van der Waals surface area contributed by atoms with Crippen molar-refractivity contribution in [1.82, 2.24) is 4.57 Å². The largest absolute Gasteiger partial charge is 0.489 e. The zero-order chi connectivity index (χ0) is 20.2. The highest BCUT2D eigenvalue weighted by atomic mass is 16.5. The first-order valence-corrected chi connectivity index (χ1v) is 9.83. The van der Waals surface area contributed by atoms with E-state index in [-0.39, 0.29) is 5.91 Å². The third kappa shape index (κ3) is 3.87. The number of aromatic nitrogens is 1. The summed E-state index contributed by atoms with van der Waals surface area (Å²) in [6, 6.07) is 25.7. The molecule has 4 heteroatoms. The molecule has 1 heterocycles. The number of carbonyl (C=O) groups excluding carboxylic acids is 1. The van der Waals surface area contributed by atoms with Crippen LogP contribution < -0.4 is 10.1 Å². The molecule has 0 radical (unpaired) electrons. The molecule has 4 rings (SSSR count). The predicted molar refractivity (Wildman–Crippen MR) is 118 cm³/mol. The number of carbonyl (C=O) groups is 1. The Morgan fingerprint density at radius 3 is 2.34 bits per heavy atom. The molecular weight excluding hydrogens is 360 g/mol. The smallest absolute Gasteiger partial charge is 0.272 e. The van der Waals surface area contributed by atoms with Crippen LogP contribution in [0.25, 0.3) is 10.9 Å². The summed E-state index contributed by atoms with van der Waals surface area (Å²) in [5.74, 6) is 0.671. The lowest BCUT2D eigenvalue weighted by atomic mass is 10.1. The molecule has 4 aromatic rings. The SMILES string of the molecule is CCn1c(C(=O)Nc2ccc(OCc3ccccc3)cc2)c(C)c2ccccc21. The molecule has 0 aliphatic heterocycles. The van der Waals surface area contributed by atoms with E-state index in [1.807, 2.05) is 73.7 Å². The van der Waals surface area contributed by atoms with Gasteiger partial charge in [-0.25, -0.2) is 0 Å². The van der Waals surface area contributed by atoms with Crippen LogP contribution in [0.3, 0.4) is 0 Å². The number of aryl methyl sites for hydroxylation is 2. The number of hydrogen-bond donors (Lipinski definition) is 1. The fourth-order valence-corrected chi connectivity index (χ4v) is 3.66. The summed E-state index contributed by atoms with van der Waals surface area (Å²) in [6.07, 6.45) is 0. The zero-order valence-corrected chi connectivity index (χ0v) is 16.7. The summed E-state index contributed by atoms with van der Waals surface area (Å²) in [6.45, 7) is 5.32. The van der Waals surface area contributed by atoms with Gasteiger partial charge in [0, 0.05) is 23.1 Å². The summed E-state index contributed by atoms with van der Waals surface area (Å²) in [4.78, 5) is 13.0. The number of fused-ring (bicyclic) bond motifs is 1. The van der Waals surface area contributed by atoms with Gasteiger partial charge in [-0.2, -0.15) is 0 Å². The minimum Gasteiger partial charge on any atom is -0.489 e. The molecule has 1 N–H and O–H groups in total. The Hall–Kier alpha value is -3.53. The maximum Gasteiger partial charge on any atom is 0.272 e. The average Bonchev–Trinajstić information content (AvgIpc) is 3.06. The Morgan fingerprint density at radius 1 is 0.931 bits per heavy atom. The van der Waals surface area contributed by atoms with Gasteiger partial charge in [0.2, 0.25) is 0 Å². The molecule has 0 aliphatic carbocycles. The van der Waals surface area contributed by atoms with Crippen molar-refractivity contribution in [2.24, 2.45) is 0 Å². The molecule has 0 atom stereocenters. The van der Waals surface area contributed by atoms with Crippen LogP contribution in [0.15, 0.2) is 78.9 Å². The molecule has 0 saturated carbocycles. The van der Waals surface area contributed by atoms with E-state index in [4.69, 9.17) is 4.74 Å². The van der Waals surface area contributed by atoms with Gasteiger partial charge in [-0.3, -0.25) is 4.79 Å². The van der Waals surface area contributed by atoms with Crippen molar-refractivity contribution in [2.45, 2.75) is 27.0 Å². The second kappa shape index (κ2) is 8.23. The fraction of sp³-hybridized carbons (Fsp3) is 0.160. The number of ether oxygens (including phenoxy) is 1. The van der Waals surface area contributed by atoms with Crippen LogP contribution in [0.5, 0.6) is 5.75 Å². The van der Waals surface area contributed by atoms with Gasteiger partial charge >= 0.3 is 0 Å². The van der Waals surface area contributed by atoms with Crippen LogP contribution in [0.1, 0.15) is 28.5 Å². The molecule has 0 spiro atoms. The highest BCUT2D eigenvalue weighted by Crippen LogP contribution is 2.26. The normalized spacial score (nSPS) is 10.8. The van der Waals surface area contributed by atoms with Crippen molar-refractivity contribution in [3.8, 4) is 5.75 Å². The number of nitrogens with zero attached hydrogens (tertiary/aromatic N) is 1. The van der Waals surface area contributed by atoms with E-state index < -0.39 is 0 Å². The monoisotopic (exact) mass is 384 g/mol. The van der Waals surface area contributed by atoms with E-state index in [2.05, 4.69) is 28.9 Å². The third-order valence-electron chi connectivity index (χ3n) is 5.12. The topological polar surface area (TPSA) is 43.3 Å². The molecule has 1 aromatic heterocycles. The van der Waals surface area contributed by atoms with E-state index >= 15 is 0 Å². The molecular formula is C25H24N2O2. The third-order valence-corrected chi connectivity index (χ3v) is 5.12. The summed E-state index contributed by atoms with van der Waals surface area (Å²) in [5, 5.41) is 4.14. The second-order valence-corrected chi connectivity index (χ2v) is 6.99. The van der Waals surface area contributed by atoms with E-state index in [1.54, 1.807) is 0 Å². The van der Waals surface area contributed by atoms with Crippen molar-refractivity contribution >= 4 is 22.5 Å². The first-order chi connectivity index (χ1) is 14.2. The van der Waals surface area contributed by atoms with Gasteiger partial charge in [0.1, 0.15) is 18.1 Å². The number of para-hydroxylation sites is 1. The highest BCUT2D eigenvalue weighted by Gasteiger charge is 2.19. The predicted octanol–water partition coefficient (Wildman–Crippen LogP) is 5.80. The minimum atomic E-state index is -0.0986. The van der Waals surface area contributed by atoms with Gasteiger partial charge in [0.05, 0.1) is 0 Å². The molecule has 0 saturated heterocycles. The van der Waals surface area contributed by atoms with Crippen LogP contribution in [0.2, 0.25) is 0 Å². The first kappa shape index (κ1) is 18.8. The molecule has 0 unspecified atom stereocenters. The molecule has 0 fully saturated rings. The Balaban J connectivity index is 1.49. The second-order valence-electron chi connectivity index (χ2n) is 6.99. The van der Waals surface area contributed by atoms with Crippen molar-refractivity contribution < 1.29 is 9.53 Å². The van der Waals surface area contributed by atoms with Crippen LogP contribution in [0, 0.1) is 6.92 Å². The van der Waals surface area contributed by atoms with Crippen molar-refractivity contribution in [1.29, 1.82) is 0 Å².